The van der Waals surface area contributed by atoms with Gasteiger partial charge in [-0.2, -0.15) is 0 Å². The van der Waals surface area contributed by atoms with Gasteiger partial charge in [-0.1, -0.05) is 0 Å². The zero-order valence-electron chi connectivity index (χ0n) is 12.3. The van der Waals surface area contributed by atoms with Gasteiger partial charge in [-0.05, 0) is 36.5 Å². The summed E-state index contributed by atoms with van der Waals surface area (Å²) >= 11 is 0. The average Bonchev–Trinajstić information content (AvgIpc) is 3.24. The largest absolute Gasteiger partial charge is 0.329 e. The number of hydrogen-bond acceptors (Lipinski definition) is 3. The van der Waals surface area contributed by atoms with Gasteiger partial charge in [0.15, 0.2) is 0 Å². The monoisotopic (exact) mass is 295 g/mol. The van der Waals surface area contributed by atoms with Crippen LogP contribution in [0.1, 0.15) is 24.4 Å². The van der Waals surface area contributed by atoms with Gasteiger partial charge in [0.25, 0.3) is 0 Å². The molecule has 1 aliphatic heterocycles. The average molecular weight is 295 g/mol. The zero-order valence-corrected chi connectivity index (χ0v) is 12.3. The molecule has 1 unspecified atom stereocenters. The van der Waals surface area contributed by atoms with Crippen LogP contribution in [-0.4, -0.2) is 49.1 Å². The van der Waals surface area contributed by atoms with Gasteiger partial charge in [0.1, 0.15) is 11.6 Å². The van der Waals surface area contributed by atoms with Crippen molar-refractivity contribution in [2.75, 3.05) is 39.3 Å². The topological polar surface area (TPSA) is 32.5 Å². The Labute approximate surface area is 124 Å². The molecule has 0 spiro atoms. The molecule has 21 heavy (non-hydrogen) atoms. The Bertz CT molecular complexity index is 462. The fourth-order valence-electron chi connectivity index (χ4n) is 3.19. The predicted octanol–water partition coefficient (Wildman–Crippen LogP) is 1.99. The molecule has 0 amide bonds. The van der Waals surface area contributed by atoms with E-state index in [-0.39, 0.29) is 6.04 Å². The molecule has 1 aliphatic carbocycles. The second kappa shape index (κ2) is 6.38. The van der Waals surface area contributed by atoms with E-state index in [9.17, 15) is 8.78 Å². The molecule has 1 atom stereocenters. The van der Waals surface area contributed by atoms with E-state index in [2.05, 4.69) is 9.80 Å². The van der Waals surface area contributed by atoms with Crippen LogP contribution in [0.5, 0.6) is 0 Å². The van der Waals surface area contributed by atoms with E-state index in [1.165, 1.54) is 31.5 Å². The number of benzene rings is 1. The highest BCUT2D eigenvalue weighted by Gasteiger charge is 2.28. The van der Waals surface area contributed by atoms with Crippen LogP contribution in [0.2, 0.25) is 0 Å². The second-order valence-corrected chi connectivity index (χ2v) is 6.23. The molecule has 1 saturated carbocycles. The molecule has 3 nitrogen and oxygen atoms in total. The highest BCUT2D eigenvalue weighted by Crippen LogP contribution is 2.30. The summed E-state index contributed by atoms with van der Waals surface area (Å²) in [5.74, 6) is -0.161. The first-order chi connectivity index (χ1) is 10.2. The van der Waals surface area contributed by atoms with E-state index < -0.39 is 11.6 Å². The van der Waals surface area contributed by atoms with E-state index in [0.29, 0.717) is 12.1 Å². The Morgan fingerprint density at radius 1 is 1.05 bits per heavy atom. The summed E-state index contributed by atoms with van der Waals surface area (Å²) in [4.78, 5) is 4.74. The highest BCUT2D eigenvalue weighted by molar-refractivity contribution is 5.22. The number of halogens is 2. The van der Waals surface area contributed by atoms with Crippen molar-refractivity contribution in [2.45, 2.75) is 18.9 Å². The van der Waals surface area contributed by atoms with Gasteiger partial charge >= 0.3 is 0 Å². The molecule has 1 saturated heterocycles. The standard InChI is InChI=1S/C16H23F2N3/c17-14-7-13(8-15(18)9-14)16(10-19)21-5-3-20(4-6-21)11-12-1-2-12/h7-9,12,16H,1-6,10-11,19H2. The Morgan fingerprint density at radius 3 is 2.19 bits per heavy atom. The molecular formula is C16H23F2N3. The van der Waals surface area contributed by atoms with Gasteiger partial charge in [0.2, 0.25) is 0 Å². The van der Waals surface area contributed by atoms with Gasteiger partial charge in [0.05, 0.1) is 0 Å². The molecule has 116 valence electrons. The van der Waals surface area contributed by atoms with Crippen molar-refractivity contribution in [1.82, 2.24) is 9.80 Å². The lowest BCUT2D eigenvalue weighted by molar-refractivity contribution is 0.0953. The number of nitrogens with zero attached hydrogens (tertiary/aromatic N) is 2. The lowest BCUT2D eigenvalue weighted by atomic mass is 10.0. The number of hydrogen-bond donors (Lipinski definition) is 1. The maximum absolute atomic E-state index is 13.4. The van der Waals surface area contributed by atoms with Crippen molar-refractivity contribution in [3.05, 3.63) is 35.4 Å². The van der Waals surface area contributed by atoms with Crippen LogP contribution < -0.4 is 5.73 Å². The highest BCUT2D eigenvalue weighted by atomic mass is 19.1. The summed E-state index contributed by atoms with van der Waals surface area (Å²) in [6, 6.07) is 3.61. The predicted molar refractivity (Wildman–Crippen MR) is 78.9 cm³/mol. The summed E-state index contributed by atoms with van der Waals surface area (Å²) in [5.41, 5.74) is 6.51. The fourth-order valence-corrected chi connectivity index (χ4v) is 3.19. The maximum atomic E-state index is 13.4. The maximum Gasteiger partial charge on any atom is 0.126 e. The van der Waals surface area contributed by atoms with Crippen molar-refractivity contribution in [3.8, 4) is 0 Å². The summed E-state index contributed by atoms with van der Waals surface area (Å²) in [6.45, 7) is 5.44. The van der Waals surface area contributed by atoms with Gasteiger partial charge < -0.3 is 10.6 Å². The lowest BCUT2D eigenvalue weighted by Gasteiger charge is -2.39. The Morgan fingerprint density at radius 2 is 1.67 bits per heavy atom. The zero-order chi connectivity index (χ0) is 14.8. The number of rotatable bonds is 5. The number of nitrogens with two attached hydrogens (primary N) is 1. The third-order valence-corrected chi connectivity index (χ3v) is 4.55. The molecule has 2 fully saturated rings. The first-order valence-corrected chi connectivity index (χ1v) is 7.78. The van der Waals surface area contributed by atoms with Crippen molar-refractivity contribution >= 4 is 0 Å². The third kappa shape index (κ3) is 3.78. The molecule has 1 heterocycles. The quantitative estimate of drug-likeness (QED) is 0.902. The van der Waals surface area contributed by atoms with Crippen molar-refractivity contribution in [2.24, 2.45) is 11.7 Å². The normalized spacial score (nSPS) is 22.4. The van der Waals surface area contributed by atoms with Crippen LogP contribution in [-0.2, 0) is 0 Å². The van der Waals surface area contributed by atoms with Crippen molar-refractivity contribution in [3.63, 3.8) is 0 Å². The molecular weight excluding hydrogens is 272 g/mol. The minimum atomic E-state index is -0.532. The second-order valence-electron chi connectivity index (χ2n) is 6.23. The first kappa shape index (κ1) is 14.9. The molecule has 0 bridgehead atoms. The molecule has 1 aromatic rings. The van der Waals surface area contributed by atoms with Gasteiger partial charge in [-0.25, -0.2) is 8.78 Å². The van der Waals surface area contributed by atoms with Gasteiger partial charge in [0, 0.05) is 51.4 Å². The molecule has 2 N–H and O–H groups in total. The number of piperazine rings is 1. The minimum Gasteiger partial charge on any atom is -0.329 e. The smallest absolute Gasteiger partial charge is 0.126 e. The van der Waals surface area contributed by atoms with Crippen LogP contribution >= 0.6 is 0 Å². The molecule has 0 radical (unpaired) electrons. The van der Waals surface area contributed by atoms with Crippen LogP contribution in [0.15, 0.2) is 18.2 Å². The Kier molecular flexibility index (Phi) is 4.52. The van der Waals surface area contributed by atoms with E-state index in [1.54, 1.807) is 0 Å². The minimum absolute atomic E-state index is 0.0988. The third-order valence-electron chi connectivity index (χ3n) is 4.55. The van der Waals surface area contributed by atoms with Gasteiger partial charge in [-0.15, -0.1) is 0 Å². The summed E-state index contributed by atoms with van der Waals surface area (Å²) in [6.07, 6.45) is 2.74. The molecule has 0 aromatic heterocycles. The SMILES string of the molecule is NCC(c1cc(F)cc(F)c1)N1CCN(CC2CC2)CC1. The van der Waals surface area contributed by atoms with Crippen molar-refractivity contribution in [1.29, 1.82) is 0 Å². The summed E-state index contributed by atoms with van der Waals surface area (Å²) in [7, 11) is 0. The molecule has 3 rings (SSSR count). The van der Waals surface area contributed by atoms with Crippen LogP contribution in [0, 0.1) is 17.6 Å². The lowest BCUT2D eigenvalue weighted by Crippen LogP contribution is -2.49. The Hall–Kier alpha value is -1.04. The summed E-state index contributed by atoms with van der Waals surface area (Å²) in [5, 5.41) is 0. The molecule has 2 aliphatic rings. The van der Waals surface area contributed by atoms with E-state index >= 15 is 0 Å². The van der Waals surface area contributed by atoms with E-state index in [4.69, 9.17) is 5.73 Å². The summed E-state index contributed by atoms with van der Waals surface area (Å²) < 4.78 is 26.8. The Balaban J connectivity index is 1.63. The molecule has 5 heteroatoms. The van der Waals surface area contributed by atoms with Gasteiger partial charge in [-0.3, -0.25) is 4.90 Å². The van der Waals surface area contributed by atoms with E-state index in [1.807, 2.05) is 0 Å². The van der Waals surface area contributed by atoms with E-state index in [0.717, 1.165) is 38.2 Å². The van der Waals surface area contributed by atoms with Crippen molar-refractivity contribution < 1.29 is 8.78 Å². The fraction of sp³-hybridized carbons (Fsp3) is 0.625. The molecule has 1 aromatic carbocycles. The van der Waals surface area contributed by atoms with Crippen LogP contribution in [0.25, 0.3) is 0 Å². The first-order valence-electron chi connectivity index (χ1n) is 7.78. The van der Waals surface area contributed by atoms with Crippen LogP contribution in [0.3, 0.4) is 0 Å². The van der Waals surface area contributed by atoms with Crippen LogP contribution in [0.4, 0.5) is 8.78 Å².